The van der Waals surface area contributed by atoms with Gasteiger partial charge in [0.2, 0.25) is 0 Å². The van der Waals surface area contributed by atoms with Gasteiger partial charge in [-0.25, -0.2) is 4.99 Å². The fourth-order valence-corrected chi connectivity index (χ4v) is 4.25. The molecule has 1 saturated carbocycles. The monoisotopic (exact) mass is 416 g/mol. The molecule has 0 aromatic heterocycles. The van der Waals surface area contributed by atoms with E-state index in [1.165, 1.54) is 18.4 Å². The van der Waals surface area contributed by atoms with Crippen LogP contribution in [0.5, 0.6) is 5.75 Å². The highest BCUT2D eigenvalue weighted by atomic mass is 16.5. The van der Waals surface area contributed by atoms with Crippen LogP contribution in [0.3, 0.4) is 0 Å². The molecule has 30 heavy (non-hydrogen) atoms. The van der Waals surface area contributed by atoms with Gasteiger partial charge in [0.05, 0.1) is 18.8 Å². The molecule has 1 saturated heterocycles. The number of aryl methyl sites for hydroxylation is 1. The van der Waals surface area contributed by atoms with Crippen LogP contribution in [0.15, 0.2) is 23.2 Å². The molecule has 1 aromatic rings. The first-order chi connectivity index (χ1) is 14.6. The first kappa shape index (κ1) is 22.9. The summed E-state index contributed by atoms with van der Waals surface area (Å²) in [6.45, 7) is 9.64. The third-order valence-corrected chi connectivity index (χ3v) is 6.07. The van der Waals surface area contributed by atoms with Gasteiger partial charge in [0.15, 0.2) is 5.96 Å². The molecule has 0 unspecified atom stereocenters. The normalized spacial score (nSPS) is 19.2. The van der Waals surface area contributed by atoms with Crippen molar-refractivity contribution in [3.05, 3.63) is 29.3 Å². The predicted octanol–water partition coefficient (Wildman–Crippen LogP) is 3.22. The molecule has 1 heterocycles. The van der Waals surface area contributed by atoms with E-state index in [1.54, 1.807) is 0 Å². The van der Waals surface area contributed by atoms with Crippen molar-refractivity contribution in [3.8, 4) is 5.75 Å². The highest BCUT2D eigenvalue weighted by Crippen LogP contribution is 2.28. The Balaban J connectivity index is 1.50. The lowest BCUT2D eigenvalue weighted by atomic mass is 10.1. The molecule has 3 N–H and O–H groups in total. The smallest absolute Gasteiger partial charge is 0.191 e. The predicted molar refractivity (Wildman–Crippen MR) is 123 cm³/mol. The maximum Gasteiger partial charge on any atom is 0.191 e. The number of hydrogen-bond acceptors (Lipinski definition) is 4. The molecule has 0 spiro atoms. The molecular weight excluding hydrogens is 376 g/mol. The molecule has 1 aliphatic carbocycles. The van der Waals surface area contributed by atoms with E-state index in [2.05, 4.69) is 47.6 Å². The summed E-state index contributed by atoms with van der Waals surface area (Å²) >= 11 is 0. The minimum absolute atomic E-state index is 0.101. The zero-order chi connectivity index (χ0) is 21.2. The fourth-order valence-electron chi connectivity index (χ4n) is 4.25. The average molecular weight is 417 g/mol. The van der Waals surface area contributed by atoms with E-state index >= 15 is 0 Å². The number of hydrogen-bond donors (Lipinski definition) is 3. The molecule has 1 aromatic carbocycles. The lowest BCUT2D eigenvalue weighted by Gasteiger charge is -2.29. The first-order valence-corrected chi connectivity index (χ1v) is 11.8. The number of aliphatic hydroxyl groups is 1. The minimum Gasteiger partial charge on any atom is -0.490 e. The van der Waals surface area contributed by atoms with Crippen molar-refractivity contribution >= 4 is 5.96 Å². The molecule has 0 radical (unpaired) electrons. The van der Waals surface area contributed by atoms with E-state index in [9.17, 15) is 5.11 Å². The van der Waals surface area contributed by atoms with Crippen molar-refractivity contribution in [2.75, 3.05) is 32.7 Å². The Morgan fingerprint density at radius 1 is 1.17 bits per heavy atom. The number of benzene rings is 1. The number of piperidine rings is 1. The Morgan fingerprint density at radius 3 is 2.67 bits per heavy atom. The molecule has 0 amide bonds. The Morgan fingerprint density at radius 2 is 1.93 bits per heavy atom. The van der Waals surface area contributed by atoms with E-state index in [1.807, 2.05) is 0 Å². The van der Waals surface area contributed by atoms with E-state index in [0.29, 0.717) is 12.6 Å². The van der Waals surface area contributed by atoms with Crippen molar-refractivity contribution in [1.29, 1.82) is 0 Å². The summed E-state index contributed by atoms with van der Waals surface area (Å²) in [7, 11) is 0. The summed E-state index contributed by atoms with van der Waals surface area (Å²) in [6.07, 6.45) is 8.01. The van der Waals surface area contributed by atoms with Gasteiger partial charge < -0.3 is 25.4 Å². The van der Waals surface area contributed by atoms with Gasteiger partial charge in [0, 0.05) is 31.7 Å². The molecule has 2 aliphatic rings. The molecule has 3 rings (SSSR count). The van der Waals surface area contributed by atoms with Gasteiger partial charge in [-0.1, -0.05) is 12.1 Å². The first-order valence-electron chi connectivity index (χ1n) is 11.8. The number of nitrogens with one attached hydrogen (secondary N) is 2. The zero-order valence-corrected chi connectivity index (χ0v) is 18.8. The number of ether oxygens (including phenoxy) is 1. The standard InChI is InChI=1S/C24H40N4O2/c1-3-25-24(26-13-6-14-28-15-11-21(29)12-16-28)27-18-20-10-9-19(2)17-23(20)30-22-7-4-5-8-22/h9-10,17,21-22,29H,3-8,11-16,18H2,1-2H3,(H2,25,26,27). The summed E-state index contributed by atoms with van der Waals surface area (Å²) < 4.78 is 6.32. The van der Waals surface area contributed by atoms with Gasteiger partial charge in [0.1, 0.15) is 5.75 Å². The minimum atomic E-state index is -0.101. The van der Waals surface area contributed by atoms with E-state index in [-0.39, 0.29) is 6.10 Å². The van der Waals surface area contributed by atoms with Gasteiger partial charge in [-0.15, -0.1) is 0 Å². The van der Waals surface area contributed by atoms with Crippen LogP contribution in [0.2, 0.25) is 0 Å². The second-order valence-electron chi connectivity index (χ2n) is 8.68. The van der Waals surface area contributed by atoms with Crippen LogP contribution in [0.1, 0.15) is 63.0 Å². The Bertz CT molecular complexity index is 665. The van der Waals surface area contributed by atoms with E-state index in [4.69, 9.17) is 9.73 Å². The lowest BCUT2D eigenvalue weighted by molar-refractivity contribution is 0.0823. The second kappa shape index (κ2) is 12.2. The summed E-state index contributed by atoms with van der Waals surface area (Å²) in [5.74, 6) is 1.85. The lowest BCUT2D eigenvalue weighted by Crippen LogP contribution is -2.40. The Hall–Kier alpha value is -1.79. The van der Waals surface area contributed by atoms with Crippen LogP contribution >= 0.6 is 0 Å². The number of aliphatic imine (C=N–C) groups is 1. The summed E-state index contributed by atoms with van der Waals surface area (Å²) in [4.78, 5) is 7.25. The summed E-state index contributed by atoms with van der Waals surface area (Å²) in [6, 6.07) is 6.44. The number of guanidine groups is 1. The number of rotatable bonds is 9. The van der Waals surface area contributed by atoms with Crippen LogP contribution < -0.4 is 15.4 Å². The van der Waals surface area contributed by atoms with Crippen LogP contribution in [-0.2, 0) is 6.54 Å². The van der Waals surface area contributed by atoms with Crippen LogP contribution in [0, 0.1) is 6.92 Å². The number of likely N-dealkylation sites (tertiary alicyclic amines) is 1. The van der Waals surface area contributed by atoms with Crippen LogP contribution in [0.4, 0.5) is 0 Å². The fraction of sp³-hybridized carbons (Fsp3) is 0.708. The third kappa shape index (κ3) is 7.47. The van der Waals surface area contributed by atoms with Gasteiger partial charge in [-0.2, -0.15) is 0 Å². The van der Waals surface area contributed by atoms with Gasteiger partial charge in [0.25, 0.3) is 0 Å². The largest absolute Gasteiger partial charge is 0.490 e. The second-order valence-corrected chi connectivity index (χ2v) is 8.68. The number of nitrogens with zero attached hydrogens (tertiary/aromatic N) is 2. The highest BCUT2D eigenvalue weighted by molar-refractivity contribution is 5.79. The summed E-state index contributed by atoms with van der Waals surface area (Å²) in [5.41, 5.74) is 2.38. The number of aliphatic hydroxyl groups excluding tert-OH is 1. The van der Waals surface area contributed by atoms with E-state index < -0.39 is 0 Å². The average Bonchev–Trinajstić information content (AvgIpc) is 3.25. The van der Waals surface area contributed by atoms with Crippen molar-refractivity contribution in [2.24, 2.45) is 4.99 Å². The maximum atomic E-state index is 9.63. The van der Waals surface area contributed by atoms with Crippen molar-refractivity contribution in [3.63, 3.8) is 0 Å². The van der Waals surface area contributed by atoms with E-state index in [0.717, 1.165) is 82.1 Å². The molecule has 0 atom stereocenters. The van der Waals surface area contributed by atoms with Crippen LogP contribution in [-0.4, -0.2) is 60.9 Å². The van der Waals surface area contributed by atoms with Gasteiger partial charge in [-0.3, -0.25) is 0 Å². The van der Waals surface area contributed by atoms with Crippen molar-refractivity contribution in [2.45, 2.75) is 77.5 Å². The molecule has 0 bridgehead atoms. The van der Waals surface area contributed by atoms with Gasteiger partial charge >= 0.3 is 0 Å². The van der Waals surface area contributed by atoms with Crippen molar-refractivity contribution in [1.82, 2.24) is 15.5 Å². The molecule has 2 fully saturated rings. The molecule has 6 heteroatoms. The van der Waals surface area contributed by atoms with Crippen molar-refractivity contribution < 1.29 is 9.84 Å². The summed E-state index contributed by atoms with van der Waals surface area (Å²) in [5, 5.41) is 16.4. The Kier molecular flexibility index (Phi) is 9.27. The molecule has 6 nitrogen and oxygen atoms in total. The maximum absolute atomic E-state index is 9.63. The highest BCUT2D eigenvalue weighted by Gasteiger charge is 2.18. The quantitative estimate of drug-likeness (QED) is 0.328. The Labute approximate surface area is 182 Å². The van der Waals surface area contributed by atoms with Crippen LogP contribution in [0.25, 0.3) is 0 Å². The third-order valence-electron chi connectivity index (χ3n) is 6.07. The molecule has 168 valence electrons. The SMILES string of the molecule is CCNC(=NCc1ccc(C)cc1OC1CCCC1)NCCCN1CCC(O)CC1. The topological polar surface area (TPSA) is 69.1 Å². The molecule has 1 aliphatic heterocycles. The van der Waals surface area contributed by atoms with Gasteiger partial charge in [-0.05, 0) is 77.0 Å². The zero-order valence-electron chi connectivity index (χ0n) is 18.8. The molecular formula is C24H40N4O2.